The van der Waals surface area contributed by atoms with Gasteiger partial charge in [0.15, 0.2) is 0 Å². The van der Waals surface area contributed by atoms with Crippen molar-refractivity contribution in [1.29, 1.82) is 5.26 Å². The summed E-state index contributed by atoms with van der Waals surface area (Å²) in [6, 6.07) is 9.05. The molecule has 1 aromatic heterocycles. The number of hydrogen-bond acceptors (Lipinski definition) is 9. The number of nitriles is 1. The summed E-state index contributed by atoms with van der Waals surface area (Å²) >= 11 is 0. The first-order valence-corrected chi connectivity index (χ1v) is 14.2. The maximum Gasteiger partial charge on any atom is 0.475 e. The predicted octanol–water partition coefficient (Wildman–Crippen LogP) is 2.41. The lowest BCUT2D eigenvalue weighted by atomic mass is 9.76. The second-order valence-corrected chi connectivity index (χ2v) is 11.1. The Morgan fingerprint density at radius 3 is 2.71 bits per heavy atom. The molecule has 41 heavy (non-hydrogen) atoms. The topological polar surface area (TPSA) is 148 Å². The number of morpholine rings is 1. The molecule has 3 heterocycles. The summed E-state index contributed by atoms with van der Waals surface area (Å²) in [6.45, 7) is 6.98. The van der Waals surface area contributed by atoms with Gasteiger partial charge in [-0.1, -0.05) is 31.0 Å². The average Bonchev–Trinajstić information content (AvgIpc) is 3.22. The molecule has 2 aromatic rings. The fourth-order valence-corrected chi connectivity index (χ4v) is 5.52. The number of amides is 2. The van der Waals surface area contributed by atoms with Crippen molar-refractivity contribution in [3.8, 4) is 6.07 Å². The molecule has 2 aliphatic heterocycles. The van der Waals surface area contributed by atoms with Crippen molar-refractivity contribution < 1.29 is 33.5 Å². The minimum absolute atomic E-state index is 0.0636. The predicted molar refractivity (Wildman–Crippen MR) is 153 cm³/mol. The van der Waals surface area contributed by atoms with E-state index in [9.17, 15) is 24.9 Å². The van der Waals surface area contributed by atoms with Crippen molar-refractivity contribution in [2.75, 3.05) is 39.5 Å². The molecule has 0 spiro atoms. The third-order valence-electron chi connectivity index (χ3n) is 7.88. The van der Waals surface area contributed by atoms with Gasteiger partial charge < -0.3 is 34.2 Å². The van der Waals surface area contributed by atoms with Crippen LogP contribution in [-0.2, 0) is 20.7 Å². The zero-order chi connectivity index (χ0) is 29.4. The van der Waals surface area contributed by atoms with E-state index in [0.29, 0.717) is 44.9 Å². The highest BCUT2D eigenvalue weighted by atomic mass is 16.5. The highest BCUT2D eigenvalue weighted by Crippen LogP contribution is 2.24. The van der Waals surface area contributed by atoms with Crippen molar-refractivity contribution in [3.63, 3.8) is 0 Å². The molecule has 2 fully saturated rings. The number of likely N-dealkylation sites (tertiary alicyclic amines) is 1. The quantitative estimate of drug-likeness (QED) is 0.236. The largest absolute Gasteiger partial charge is 0.475 e. The standard InChI is InChI=1S/C29H39BN4O7/c1-29(2,33-12-14-39-15-13-33)17-22(18-31)27(35)34-11-7-3-4-8-23(34)20-41-28(36)32-26(30(37)38)16-21-19-40-25-10-6-5-9-24(21)25/h5-6,9-10,17,19,23,26,37-38H,3-4,7-8,11-16,20H2,1-2H3,(H,32,36)/t23-,26+/m1/s1. The van der Waals surface area contributed by atoms with Crippen LogP contribution in [0.25, 0.3) is 11.0 Å². The molecule has 3 N–H and O–H groups in total. The average molecular weight is 566 g/mol. The van der Waals surface area contributed by atoms with E-state index in [1.165, 1.54) is 6.26 Å². The third-order valence-corrected chi connectivity index (χ3v) is 7.88. The number of rotatable bonds is 9. The molecule has 2 amide bonds. The van der Waals surface area contributed by atoms with Gasteiger partial charge in [-0.25, -0.2) is 4.79 Å². The van der Waals surface area contributed by atoms with Crippen molar-refractivity contribution in [2.45, 2.75) is 63.5 Å². The van der Waals surface area contributed by atoms with Crippen LogP contribution in [0.5, 0.6) is 0 Å². The molecule has 0 aliphatic carbocycles. The van der Waals surface area contributed by atoms with Crippen LogP contribution in [0.15, 0.2) is 46.6 Å². The number of fused-ring (bicyclic) bond motifs is 1. The molecule has 2 saturated heterocycles. The van der Waals surface area contributed by atoms with E-state index in [-0.39, 0.29) is 24.5 Å². The van der Waals surface area contributed by atoms with Crippen LogP contribution < -0.4 is 5.32 Å². The van der Waals surface area contributed by atoms with Crippen LogP contribution >= 0.6 is 0 Å². The maximum absolute atomic E-state index is 13.6. The number of para-hydroxylation sites is 1. The van der Waals surface area contributed by atoms with Gasteiger partial charge in [0, 0.05) is 30.6 Å². The minimum Gasteiger partial charge on any atom is -0.464 e. The van der Waals surface area contributed by atoms with Crippen LogP contribution in [0.1, 0.15) is 45.1 Å². The number of benzene rings is 1. The third kappa shape index (κ3) is 7.89. The van der Waals surface area contributed by atoms with Crippen molar-refractivity contribution in [2.24, 2.45) is 0 Å². The van der Waals surface area contributed by atoms with Crippen molar-refractivity contribution in [1.82, 2.24) is 15.1 Å². The van der Waals surface area contributed by atoms with Crippen LogP contribution in [0.2, 0.25) is 0 Å². The number of furan rings is 1. The summed E-state index contributed by atoms with van der Waals surface area (Å²) in [7, 11) is -1.83. The van der Waals surface area contributed by atoms with Gasteiger partial charge in [0.25, 0.3) is 5.91 Å². The number of hydrogen-bond donors (Lipinski definition) is 3. The Labute approximate surface area is 240 Å². The summed E-state index contributed by atoms with van der Waals surface area (Å²) in [6.07, 6.45) is 5.75. The second kappa shape index (κ2) is 14.0. The fraction of sp³-hybridized carbons (Fsp3) is 0.552. The highest BCUT2D eigenvalue weighted by molar-refractivity contribution is 6.43. The van der Waals surface area contributed by atoms with Crippen LogP contribution in [0.4, 0.5) is 4.79 Å². The van der Waals surface area contributed by atoms with E-state index in [1.54, 1.807) is 17.0 Å². The van der Waals surface area contributed by atoms with E-state index < -0.39 is 30.7 Å². The molecular formula is C29H39BN4O7. The Morgan fingerprint density at radius 1 is 1.22 bits per heavy atom. The summed E-state index contributed by atoms with van der Waals surface area (Å²) in [5.74, 6) is -1.41. The fourth-order valence-electron chi connectivity index (χ4n) is 5.52. The van der Waals surface area contributed by atoms with Gasteiger partial charge in [-0.2, -0.15) is 5.26 Å². The summed E-state index contributed by atoms with van der Waals surface area (Å²) in [4.78, 5) is 30.2. The second-order valence-electron chi connectivity index (χ2n) is 11.1. The number of carbonyl (C=O) groups excluding carboxylic acids is 2. The molecule has 220 valence electrons. The first-order valence-electron chi connectivity index (χ1n) is 14.2. The smallest absolute Gasteiger partial charge is 0.464 e. The van der Waals surface area contributed by atoms with E-state index in [2.05, 4.69) is 16.3 Å². The number of alkyl carbamates (subject to hydrolysis) is 1. The maximum atomic E-state index is 13.6. The van der Waals surface area contributed by atoms with Crippen molar-refractivity contribution in [3.05, 3.63) is 47.7 Å². The normalized spacial score (nSPS) is 19.7. The Bertz CT molecular complexity index is 1270. The molecule has 2 aliphatic rings. The molecule has 1 aromatic carbocycles. The van der Waals surface area contributed by atoms with Gasteiger partial charge >= 0.3 is 13.2 Å². The van der Waals surface area contributed by atoms with E-state index in [1.807, 2.05) is 32.0 Å². The molecule has 0 unspecified atom stereocenters. The van der Waals surface area contributed by atoms with Gasteiger partial charge in [0.2, 0.25) is 0 Å². The number of ether oxygens (including phenoxy) is 2. The summed E-state index contributed by atoms with van der Waals surface area (Å²) < 4.78 is 16.5. The number of carbonyl (C=O) groups is 2. The molecule has 11 nitrogen and oxygen atoms in total. The van der Waals surface area contributed by atoms with Gasteiger partial charge in [0.1, 0.15) is 23.8 Å². The van der Waals surface area contributed by atoms with E-state index >= 15 is 0 Å². The van der Waals surface area contributed by atoms with Gasteiger partial charge in [-0.05, 0) is 50.8 Å². The zero-order valence-corrected chi connectivity index (χ0v) is 23.8. The van der Waals surface area contributed by atoms with Crippen LogP contribution in [-0.4, -0.2) is 95.9 Å². The first kappa shape index (κ1) is 30.6. The monoisotopic (exact) mass is 566 g/mol. The molecule has 12 heteroatoms. The lowest BCUT2D eigenvalue weighted by molar-refractivity contribution is -0.129. The molecule has 4 rings (SSSR count). The van der Waals surface area contributed by atoms with E-state index in [4.69, 9.17) is 13.9 Å². The van der Waals surface area contributed by atoms with Gasteiger partial charge in [0.05, 0.1) is 31.5 Å². The molecular weight excluding hydrogens is 527 g/mol. The summed E-state index contributed by atoms with van der Waals surface area (Å²) in [5.41, 5.74) is 0.931. The Morgan fingerprint density at radius 2 is 1.98 bits per heavy atom. The molecule has 0 saturated carbocycles. The lowest BCUT2D eigenvalue weighted by Crippen LogP contribution is -2.50. The Kier molecular flexibility index (Phi) is 10.4. The minimum atomic E-state index is -1.83. The van der Waals surface area contributed by atoms with Gasteiger partial charge in [-0.3, -0.25) is 9.69 Å². The number of nitrogens with zero attached hydrogens (tertiary/aromatic N) is 3. The number of nitrogens with one attached hydrogen (secondary N) is 1. The Hall–Kier alpha value is -3.37. The molecule has 0 bridgehead atoms. The van der Waals surface area contributed by atoms with Crippen LogP contribution in [0.3, 0.4) is 0 Å². The highest BCUT2D eigenvalue weighted by Gasteiger charge is 2.33. The zero-order valence-electron chi connectivity index (χ0n) is 23.8. The van der Waals surface area contributed by atoms with Gasteiger partial charge in [-0.15, -0.1) is 0 Å². The molecule has 2 atom stereocenters. The van der Waals surface area contributed by atoms with Crippen molar-refractivity contribution >= 4 is 30.1 Å². The van der Waals surface area contributed by atoms with Crippen LogP contribution in [0, 0.1) is 11.3 Å². The SMILES string of the molecule is CC(C)(C=C(C#N)C(=O)N1CCCCC[C@@H]1COC(=O)N[C@@H](Cc1coc2ccccc12)B(O)O)N1CCOCC1. The van der Waals surface area contributed by atoms with E-state index in [0.717, 1.165) is 30.2 Å². The first-order chi connectivity index (χ1) is 19.7. The summed E-state index contributed by atoms with van der Waals surface area (Å²) in [5, 5.41) is 33.1. The lowest BCUT2D eigenvalue weighted by Gasteiger charge is -2.39. The molecule has 0 radical (unpaired) electrons. The Balaban J connectivity index is 1.40.